The topological polar surface area (TPSA) is 13.1 Å². The molecule has 0 radical (unpaired) electrons. The van der Waals surface area contributed by atoms with Crippen LogP contribution in [0.4, 0.5) is 0 Å². The Morgan fingerprint density at radius 3 is 1.79 bits per heavy atom. The van der Waals surface area contributed by atoms with Gasteiger partial charge in [0.25, 0.3) is 0 Å². The minimum absolute atomic E-state index is 0.145. The highest BCUT2D eigenvalue weighted by molar-refractivity contribution is 7.26. The smallest absolute Gasteiger partial charge is 0.136 e. The van der Waals surface area contributed by atoms with E-state index < -0.39 is 0 Å². The van der Waals surface area contributed by atoms with E-state index in [1.807, 2.05) is 17.4 Å². The van der Waals surface area contributed by atoms with Crippen LogP contribution in [0.2, 0.25) is 0 Å². The highest BCUT2D eigenvalue weighted by atomic mass is 32.1. The number of thiophene rings is 1. The van der Waals surface area contributed by atoms with Gasteiger partial charge in [-0.2, -0.15) is 0 Å². The summed E-state index contributed by atoms with van der Waals surface area (Å²) < 4.78 is 9.12. The van der Waals surface area contributed by atoms with Gasteiger partial charge in [-0.05, 0) is 108 Å². The lowest BCUT2D eigenvalue weighted by Crippen LogP contribution is -2.15. The number of hydrogen-bond acceptors (Lipinski definition) is 2. The third-order valence-corrected chi connectivity index (χ3v) is 13.2. The third-order valence-electron chi connectivity index (χ3n) is 12.0. The molecule has 0 unspecified atom stereocenters. The van der Waals surface area contributed by atoms with Crippen LogP contribution in [0, 0.1) is 0 Å². The number of rotatable bonds is 2. The molecule has 1 nitrogen and oxygen atoms in total. The zero-order valence-corrected chi connectivity index (χ0v) is 30.1. The average molecular weight is 693 g/mol. The lowest BCUT2D eigenvalue weighted by Gasteiger charge is -2.23. The number of benzene rings is 9. The maximum Gasteiger partial charge on any atom is 0.136 e. The summed E-state index contributed by atoms with van der Waals surface area (Å²) >= 11 is 1.95. The van der Waals surface area contributed by atoms with Crippen molar-refractivity contribution >= 4 is 85.8 Å². The number of para-hydroxylation sites is 1. The van der Waals surface area contributed by atoms with E-state index in [1.54, 1.807) is 0 Å². The summed E-state index contributed by atoms with van der Waals surface area (Å²) in [6.45, 7) is 4.81. The summed E-state index contributed by atoms with van der Waals surface area (Å²) in [5.74, 6) is 0. The van der Waals surface area contributed by atoms with Gasteiger partial charge in [0.1, 0.15) is 11.2 Å². The fraction of sp³-hybridized carbons (Fsp3) is 0.0588. The summed E-state index contributed by atoms with van der Waals surface area (Å²) in [5.41, 5.74) is 12.3. The van der Waals surface area contributed by atoms with Crippen LogP contribution >= 0.6 is 11.3 Å². The molecule has 2 aromatic heterocycles. The molecule has 2 heterocycles. The van der Waals surface area contributed by atoms with Crippen molar-refractivity contribution in [2.45, 2.75) is 19.3 Å². The highest BCUT2D eigenvalue weighted by Crippen LogP contribution is 2.58. The maximum atomic E-state index is 6.43. The Bertz CT molecular complexity index is 3320. The van der Waals surface area contributed by atoms with Crippen LogP contribution in [0.15, 0.2) is 162 Å². The van der Waals surface area contributed by atoms with Crippen LogP contribution in [0.3, 0.4) is 0 Å². The van der Waals surface area contributed by atoms with E-state index in [0.717, 1.165) is 21.9 Å². The van der Waals surface area contributed by atoms with Gasteiger partial charge in [0.15, 0.2) is 0 Å². The molecular weight excluding hydrogens is 661 g/mol. The van der Waals surface area contributed by atoms with Crippen LogP contribution in [0.25, 0.3) is 108 Å². The van der Waals surface area contributed by atoms with E-state index in [1.165, 1.54) is 97.0 Å². The molecule has 0 spiro atoms. The van der Waals surface area contributed by atoms with Crippen molar-refractivity contribution in [3.05, 3.63) is 169 Å². The highest BCUT2D eigenvalue weighted by Gasteiger charge is 2.38. The molecule has 1 aliphatic carbocycles. The van der Waals surface area contributed by atoms with Gasteiger partial charge in [-0.1, -0.05) is 135 Å². The van der Waals surface area contributed by atoms with Gasteiger partial charge in [0, 0.05) is 41.9 Å². The molecule has 0 saturated carbocycles. The van der Waals surface area contributed by atoms with E-state index >= 15 is 0 Å². The summed E-state index contributed by atoms with van der Waals surface area (Å²) in [7, 11) is 0. The maximum absolute atomic E-state index is 6.43. The molecule has 0 amide bonds. The Morgan fingerprint density at radius 1 is 0.434 bits per heavy atom. The molecule has 0 bridgehead atoms. The number of fused-ring (bicyclic) bond motifs is 13. The molecule has 2 heteroatoms. The SMILES string of the molecule is CC1(C)c2ccccc2-c2c1cc(-c1c3ccccc3c(-c3ccc4c(c3)oc3ccccc34)c3ccccc13)c1sc3cc4ccccc4cc3c21. The molecule has 11 aromatic rings. The number of hydrogen-bond donors (Lipinski definition) is 0. The van der Waals surface area contributed by atoms with E-state index in [4.69, 9.17) is 4.42 Å². The van der Waals surface area contributed by atoms with Crippen molar-refractivity contribution in [3.63, 3.8) is 0 Å². The lowest BCUT2D eigenvalue weighted by molar-refractivity contribution is 0.661. The van der Waals surface area contributed by atoms with E-state index in [2.05, 4.69) is 166 Å². The second-order valence-corrected chi connectivity index (χ2v) is 16.2. The quantitative estimate of drug-likeness (QED) is 0.164. The first-order valence-electron chi connectivity index (χ1n) is 18.4. The summed E-state index contributed by atoms with van der Waals surface area (Å²) in [5, 5.41) is 12.6. The molecule has 0 saturated heterocycles. The van der Waals surface area contributed by atoms with Crippen molar-refractivity contribution in [1.82, 2.24) is 0 Å². The van der Waals surface area contributed by atoms with E-state index in [-0.39, 0.29) is 5.41 Å². The first-order valence-corrected chi connectivity index (χ1v) is 19.2. The summed E-state index contributed by atoms with van der Waals surface area (Å²) in [6.07, 6.45) is 0. The Balaban J connectivity index is 1.23. The van der Waals surface area contributed by atoms with Gasteiger partial charge < -0.3 is 4.42 Å². The Kier molecular flexibility index (Phi) is 5.78. The Labute approximate surface area is 310 Å². The van der Waals surface area contributed by atoms with Gasteiger partial charge >= 0.3 is 0 Å². The molecule has 0 N–H and O–H groups in total. The van der Waals surface area contributed by atoms with Gasteiger partial charge in [0.2, 0.25) is 0 Å². The van der Waals surface area contributed by atoms with Crippen molar-refractivity contribution in [3.8, 4) is 33.4 Å². The molecular formula is C51H32OS. The fourth-order valence-electron chi connectivity index (χ4n) is 9.60. The average Bonchev–Trinajstić information content (AvgIpc) is 3.83. The lowest BCUT2D eigenvalue weighted by atomic mass is 9.79. The first kappa shape index (κ1) is 29.4. The second kappa shape index (κ2) is 10.4. The molecule has 12 rings (SSSR count). The zero-order chi connectivity index (χ0) is 35.0. The van der Waals surface area contributed by atoms with Gasteiger partial charge in [-0.3, -0.25) is 0 Å². The van der Waals surface area contributed by atoms with Crippen LogP contribution in [-0.4, -0.2) is 0 Å². The predicted molar refractivity (Wildman–Crippen MR) is 228 cm³/mol. The Hall–Kier alpha value is -6.22. The summed E-state index contributed by atoms with van der Waals surface area (Å²) in [6, 6.07) is 58.4. The minimum Gasteiger partial charge on any atom is -0.456 e. The molecule has 0 atom stereocenters. The van der Waals surface area contributed by atoms with Crippen molar-refractivity contribution in [1.29, 1.82) is 0 Å². The van der Waals surface area contributed by atoms with E-state index in [9.17, 15) is 0 Å². The first-order chi connectivity index (χ1) is 26.0. The van der Waals surface area contributed by atoms with Crippen molar-refractivity contribution < 1.29 is 4.42 Å². The summed E-state index contributed by atoms with van der Waals surface area (Å²) in [4.78, 5) is 0. The minimum atomic E-state index is -0.145. The Morgan fingerprint density at radius 2 is 1.04 bits per heavy atom. The van der Waals surface area contributed by atoms with Crippen molar-refractivity contribution in [2.75, 3.05) is 0 Å². The van der Waals surface area contributed by atoms with Crippen LogP contribution in [0.1, 0.15) is 25.0 Å². The molecule has 0 aliphatic heterocycles. The zero-order valence-electron chi connectivity index (χ0n) is 29.3. The van der Waals surface area contributed by atoms with E-state index in [0.29, 0.717) is 0 Å². The van der Waals surface area contributed by atoms with Crippen LogP contribution < -0.4 is 0 Å². The van der Waals surface area contributed by atoms with Gasteiger partial charge in [0.05, 0.1) is 0 Å². The standard InChI is InChI=1S/C51H32OS/c1-51(2)41-21-11-9-20-38(41)48-42(51)28-40(50-49(48)39-25-29-13-3-4-14-30(29)27-45(39)53-50)47-36-18-7-5-16-34(36)46(35-17-6-8-19-37(35)47)31-23-24-33-32-15-10-12-22-43(32)52-44(33)26-31/h3-28H,1-2H3. The van der Waals surface area contributed by atoms with Gasteiger partial charge in [-0.15, -0.1) is 11.3 Å². The monoisotopic (exact) mass is 692 g/mol. The normalized spacial score (nSPS) is 13.6. The van der Waals surface area contributed by atoms with Crippen LogP contribution in [-0.2, 0) is 5.41 Å². The predicted octanol–water partition coefficient (Wildman–Crippen LogP) is 15.1. The molecule has 53 heavy (non-hydrogen) atoms. The van der Waals surface area contributed by atoms with Gasteiger partial charge in [-0.25, -0.2) is 0 Å². The third kappa shape index (κ3) is 3.91. The number of furan rings is 1. The fourth-order valence-corrected chi connectivity index (χ4v) is 10.9. The largest absolute Gasteiger partial charge is 0.456 e. The molecule has 0 fully saturated rings. The van der Waals surface area contributed by atoms with Crippen LogP contribution in [0.5, 0.6) is 0 Å². The molecule has 1 aliphatic rings. The molecule has 248 valence electrons. The van der Waals surface area contributed by atoms with Crippen molar-refractivity contribution in [2.24, 2.45) is 0 Å². The second-order valence-electron chi connectivity index (χ2n) is 15.2. The molecule has 9 aromatic carbocycles.